The Kier molecular flexibility index (Phi) is 3.21. The second-order valence-corrected chi connectivity index (χ2v) is 3.36. The van der Waals surface area contributed by atoms with Crippen molar-refractivity contribution in [2.75, 3.05) is 5.32 Å². The summed E-state index contributed by atoms with van der Waals surface area (Å²) in [5.41, 5.74) is 5.60. The van der Waals surface area contributed by atoms with Crippen LogP contribution in [0, 0.1) is 12.7 Å². The summed E-state index contributed by atoms with van der Waals surface area (Å²) >= 11 is 4.59. The zero-order chi connectivity index (χ0) is 11.6. The summed E-state index contributed by atoms with van der Waals surface area (Å²) in [6, 6.07) is 2.22. The van der Waals surface area contributed by atoms with Crippen LogP contribution < -0.4 is 11.1 Å². The van der Waals surface area contributed by atoms with Crippen molar-refractivity contribution in [3.05, 3.63) is 29.1 Å². The average Bonchev–Trinajstić information content (AvgIpc) is 2.11. The van der Waals surface area contributed by atoms with Crippen LogP contribution in [0.2, 0.25) is 0 Å². The Morgan fingerprint density at radius 2 is 2.20 bits per heavy atom. The SMILES string of the molecule is Cc1c(F)cc(C(=O)O)cc1NC(N)=S. The number of halogens is 1. The summed E-state index contributed by atoms with van der Waals surface area (Å²) < 4.78 is 13.3. The van der Waals surface area contributed by atoms with Gasteiger partial charge in [0.25, 0.3) is 0 Å². The second kappa shape index (κ2) is 4.22. The number of carbonyl (C=O) groups is 1. The van der Waals surface area contributed by atoms with Gasteiger partial charge in [0.2, 0.25) is 0 Å². The van der Waals surface area contributed by atoms with Crippen LogP contribution in [-0.2, 0) is 0 Å². The van der Waals surface area contributed by atoms with E-state index in [0.717, 1.165) is 6.07 Å². The fourth-order valence-corrected chi connectivity index (χ4v) is 1.17. The summed E-state index contributed by atoms with van der Waals surface area (Å²) in [4.78, 5) is 10.6. The van der Waals surface area contributed by atoms with E-state index in [1.807, 2.05) is 0 Å². The zero-order valence-electron chi connectivity index (χ0n) is 7.87. The lowest BCUT2D eigenvalue weighted by molar-refractivity contribution is 0.0696. The van der Waals surface area contributed by atoms with Gasteiger partial charge in [0, 0.05) is 11.3 Å². The molecule has 0 atom stereocenters. The molecule has 0 saturated heterocycles. The van der Waals surface area contributed by atoms with Crippen LogP contribution in [0.15, 0.2) is 12.1 Å². The maximum atomic E-state index is 13.3. The first-order chi connectivity index (χ1) is 6.91. The predicted molar refractivity (Wildman–Crippen MR) is 58.5 cm³/mol. The lowest BCUT2D eigenvalue weighted by Gasteiger charge is -2.09. The number of carboxylic acids is 1. The van der Waals surface area contributed by atoms with Crippen molar-refractivity contribution in [1.29, 1.82) is 0 Å². The van der Waals surface area contributed by atoms with Crippen LogP contribution in [0.5, 0.6) is 0 Å². The first-order valence-corrected chi connectivity index (χ1v) is 4.42. The molecule has 0 aromatic heterocycles. The van der Waals surface area contributed by atoms with Crippen LogP contribution in [0.25, 0.3) is 0 Å². The molecule has 0 aliphatic rings. The summed E-state index contributed by atoms with van der Waals surface area (Å²) in [7, 11) is 0. The van der Waals surface area contributed by atoms with Gasteiger partial charge in [-0.3, -0.25) is 0 Å². The summed E-state index contributed by atoms with van der Waals surface area (Å²) in [5, 5.41) is 11.2. The van der Waals surface area contributed by atoms with Crippen LogP contribution in [0.1, 0.15) is 15.9 Å². The van der Waals surface area contributed by atoms with E-state index < -0.39 is 11.8 Å². The molecule has 0 bridgehead atoms. The predicted octanol–water partition coefficient (Wildman–Crippen LogP) is 1.49. The molecule has 1 aromatic rings. The molecule has 4 nitrogen and oxygen atoms in total. The molecule has 1 aromatic carbocycles. The monoisotopic (exact) mass is 228 g/mol. The summed E-state index contributed by atoms with van der Waals surface area (Å²) in [5.74, 6) is -1.83. The van der Waals surface area contributed by atoms with Gasteiger partial charge in [0.15, 0.2) is 5.11 Å². The number of nitrogens with two attached hydrogens (primary N) is 1. The van der Waals surface area contributed by atoms with Crippen molar-refractivity contribution in [1.82, 2.24) is 0 Å². The van der Waals surface area contributed by atoms with E-state index in [2.05, 4.69) is 17.5 Å². The molecule has 1 rings (SSSR count). The van der Waals surface area contributed by atoms with Crippen LogP contribution in [0.3, 0.4) is 0 Å². The molecular formula is C9H9FN2O2S. The molecule has 80 valence electrons. The molecule has 15 heavy (non-hydrogen) atoms. The van der Waals surface area contributed by atoms with E-state index in [1.54, 1.807) is 0 Å². The topological polar surface area (TPSA) is 75.3 Å². The summed E-state index contributed by atoms with van der Waals surface area (Å²) in [6.45, 7) is 1.50. The minimum absolute atomic E-state index is 0.0416. The molecule has 0 fully saturated rings. The molecule has 0 heterocycles. The number of aromatic carboxylic acids is 1. The Morgan fingerprint density at radius 1 is 1.60 bits per heavy atom. The van der Waals surface area contributed by atoms with Crippen molar-refractivity contribution >= 4 is 29.0 Å². The lowest BCUT2D eigenvalue weighted by atomic mass is 10.1. The molecule has 0 unspecified atom stereocenters. The number of nitrogens with one attached hydrogen (secondary N) is 1. The maximum absolute atomic E-state index is 13.3. The minimum atomic E-state index is -1.21. The van der Waals surface area contributed by atoms with Gasteiger partial charge in [-0.2, -0.15) is 0 Å². The number of anilines is 1. The Bertz CT molecular complexity index is 434. The number of hydrogen-bond donors (Lipinski definition) is 3. The van der Waals surface area contributed by atoms with Crippen molar-refractivity contribution < 1.29 is 14.3 Å². The molecule has 0 spiro atoms. The lowest BCUT2D eigenvalue weighted by Crippen LogP contribution is -2.20. The van der Waals surface area contributed by atoms with E-state index in [9.17, 15) is 9.18 Å². The van der Waals surface area contributed by atoms with Crippen molar-refractivity contribution in [2.24, 2.45) is 5.73 Å². The Morgan fingerprint density at radius 3 is 2.67 bits per heavy atom. The fourth-order valence-electron chi connectivity index (χ4n) is 1.06. The van der Waals surface area contributed by atoms with Crippen molar-refractivity contribution in [3.63, 3.8) is 0 Å². The maximum Gasteiger partial charge on any atom is 0.335 e. The third-order valence-corrected chi connectivity index (χ3v) is 1.95. The number of thiocarbonyl (C=S) groups is 1. The minimum Gasteiger partial charge on any atom is -0.478 e. The third-order valence-electron chi connectivity index (χ3n) is 1.85. The Hall–Kier alpha value is -1.69. The summed E-state index contributed by atoms with van der Waals surface area (Å²) in [6.07, 6.45) is 0. The van der Waals surface area contributed by atoms with Gasteiger partial charge < -0.3 is 16.2 Å². The van der Waals surface area contributed by atoms with E-state index in [1.165, 1.54) is 13.0 Å². The van der Waals surface area contributed by atoms with Crippen molar-refractivity contribution in [2.45, 2.75) is 6.92 Å². The third kappa shape index (κ3) is 2.63. The van der Waals surface area contributed by atoms with Gasteiger partial charge >= 0.3 is 5.97 Å². The molecule has 0 aliphatic heterocycles. The van der Waals surface area contributed by atoms with Gasteiger partial charge in [-0.15, -0.1) is 0 Å². The second-order valence-electron chi connectivity index (χ2n) is 2.93. The van der Waals surface area contributed by atoms with E-state index >= 15 is 0 Å². The van der Waals surface area contributed by atoms with Gasteiger partial charge in [0.05, 0.1) is 5.56 Å². The molecule has 0 saturated carbocycles. The van der Waals surface area contributed by atoms with Gasteiger partial charge in [-0.1, -0.05) is 0 Å². The molecule has 6 heteroatoms. The molecule has 0 radical (unpaired) electrons. The van der Waals surface area contributed by atoms with Gasteiger partial charge in [0.1, 0.15) is 5.82 Å². The Labute approximate surface area is 90.9 Å². The fraction of sp³-hybridized carbons (Fsp3) is 0.111. The average molecular weight is 228 g/mol. The van der Waals surface area contributed by atoms with Crippen LogP contribution in [0.4, 0.5) is 10.1 Å². The largest absolute Gasteiger partial charge is 0.478 e. The smallest absolute Gasteiger partial charge is 0.335 e. The van der Waals surface area contributed by atoms with Crippen LogP contribution in [-0.4, -0.2) is 16.2 Å². The number of carboxylic acid groups (broad SMARTS) is 1. The molecular weight excluding hydrogens is 219 g/mol. The van der Waals surface area contributed by atoms with E-state index in [0.29, 0.717) is 0 Å². The normalized spacial score (nSPS) is 9.73. The number of rotatable bonds is 2. The highest BCUT2D eigenvalue weighted by atomic mass is 32.1. The molecule has 0 amide bonds. The quantitative estimate of drug-likeness (QED) is 0.669. The van der Waals surface area contributed by atoms with Crippen LogP contribution >= 0.6 is 12.2 Å². The Balaban J connectivity index is 3.24. The van der Waals surface area contributed by atoms with Gasteiger partial charge in [-0.05, 0) is 31.3 Å². The van der Waals surface area contributed by atoms with E-state index in [-0.39, 0.29) is 21.9 Å². The first-order valence-electron chi connectivity index (χ1n) is 4.01. The first kappa shape index (κ1) is 11.4. The molecule has 4 N–H and O–H groups in total. The van der Waals surface area contributed by atoms with E-state index in [4.69, 9.17) is 10.8 Å². The standard InChI is InChI=1S/C9H9FN2O2S/c1-4-6(10)2-5(8(13)14)3-7(4)12-9(11)15/h2-3H,1H3,(H,13,14)(H3,11,12,15). The van der Waals surface area contributed by atoms with Gasteiger partial charge in [-0.25, -0.2) is 9.18 Å². The zero-order valence-corrected chi connectivity index (χ0v) is 8.69. The highest BCUT2D eigenvalue weighted by molar-refractivity contribution is 7.80. The number of benzene rings is 1. The highest BCUT2D eigenvalue weighted by Crippen LogP contribution is 2.20. The highest BCUT2D eigenvalue weighted by Gasteiger charge is 2.11. The molecule has 0 aliphatic carbocycles. The number of hydrogen-bond acceptors (Lipinski definition) is 2. The van der Waals surface area contributed by atoms with Crippen molar-refractivity contribution in [3.8, 4) is 0 Å².